The summed E-state index contributed by atoms with van der Waals surface area (Å²) in [5.41, 5.74) is 0. The van der Waals surface area contributed by atoms with E-state index >= 15 is 0 Å². The van der Waals surface area contributed by atoms with Crippen LogP contribution in [0.3, 0.4) is 0 Å². The lowest BCUT2D eigenvalue weighted by Gasteiger charge is -2.08. The van der Waals surface area contributed by atoms with Crippen LogP contribution in [0.1, 0.15) is 6.42 Å². The van der Waals surface area contributed by atoms with Gasteiger partial charge in [0.05, 0.1) is 13.2 Å². The molecule has 12 heavy (non-hydrogen) atoms. The quantitative estimate of drug-likeness (QED) is 0.324. The van der Waals surface area contributed by atoms with Crippen LogP contribution in [0, 0.1) is 0 Å². The zero-order valence-corrected chi connectivity index (χ0v) is 7.40. The molecule has 1 N–H and O–H groups in total. The number of rotatable bonds is 7. The van der Waals surface area contributed by atoms with E-state index in [0.29, 0.717) is 0 Å². The lowest BCUT2D eigenvalue weighted by atomic mass is 10.4. The van der Waals surface area contributed by atoms with E-state index in [0.717, 1.165) is 0 Å². The first-order chi connectivity index (χ1) is 5.66. The van der Waals surface area contributed by atoms with Crippen LogP contribution in [0.5, 0.6) is 0 Å². The molecular formula is C6H12O5S. The minimum Gasteiger partial charge on any atom is -0.368 e. The molecule has 0 radical (unpaired) electrons. The monoisotopic (exact) mass is 196 g/mol. The van der Waals surface area contributed by atoms with Gasteiger partial charge >= 0.3 is 0 Å². The maximum Gasteiger partial charge on any atom is 0.257 e. The first kappa shape index (κ1) is 11.6. The Morgan fingerprint density at radius 3 is 2.75 bits per heavy atom. The van der Waals surface area contributed by atoms with Crippen molar-refractivity contribution in [2.75, 3.05) is 13.2 Å². The summed E-state index contributed by atoms with van der Waals surface area (Å²) >= 11 is 0. The van der Waals surface area contributed by atoms with E-state index in [4.69, 9.17) is 9.84 Å². The molecule has 0 aliphatic heterocycles. The first-order valence-corrected chi connectivity index (χ1v) is 4.44. The average Bonchev–Trinajstić information content (AvgIpc) is 2.00. The van der Waals surface area contributed by atoms with E-state index < -0.39 is 17.3 Å². The molecule has 5 nitrogen and oxygen atoms in total. The van der Waals surface area contributed by atoms with Crippen LogP contribution in [-0.2, 0) is 19.9 Å². The fourth-order valence-electron chi connectivity index (χ4n) is 0.491. The number of hydrogen-bond acceptors (Lipinski definition) is 5. The molecule has 0 bridgehead atoms. The van der Waals surface area contributed by atoms with Crippen LogP contribution in [0.4, 0.5) is 0 Å². The SMILES string of the molecule is C=CCOC(O)CCO[SH](=O)=O. The highest BCUT2D eigenvalue weighted by Gasteiger charge is 2.02. The highest BCUT2D eigenvalue weighted by Crippen LogP contribution is 1.94. The Labute approximate surface area is 72.8 Å². The van der Waals surface area contributed by atoms with Crippen LogP contribution in [0.2, 0.25) is 0 Å². The van der Waals surface area contributed by atoms with E-state index in [1.54, 1.807) is 0 Å². The number of aliphatic hydroxyl groups excluding tert-OH is 1. The van der Waals surface area contributed by atoms with Gasteiger partial charge in [-0.2, -0.15) is 0 Å². The highest BCUT2D eigenvalue weighted by molar-refractivity contribution is 7.67. The number of ether oxygens (including phenoxy) is 1. The summed E-state index contributed by atoms with van der Waals surface area (Å²) in [5.74, 6) is 0. The lowest BCUT2D eigenvalue weighted by molar-refractivity contribution is -0.0970. The maximum atomic E-state index is 9.87. The minimum absolute atomic E-state index is 0.0724. The average molecular weight is 196 g/mol. The minimum atomic E-state index is -2.83. The summed E-state index contributed by atoms with van der Waals surface area (Å²) < 4.78 is 28.7. The first-order valence-electron chi connectivity index (χ1n) is 3.34. The molecule has 1 atom stereocenters. The van der Waals surface area contributed by atoms with E-state index in [2.05, 4.69) is 10.8 Å². The number of hydrogen-bond donors (Lipinski definition) is 2. The van der Waals surface area contributed by atoms with Gasteiger partial charge < -0.3 is 9.84 Å². The third-order valence-corrected chi connectivity index (χ3v) is 1.36. The molecule has 0 saturated heterocycles. The second-order valence-electron chi connectivity index (χ2n) is 1.92. The van der Waals surface area contributed by atoms with Crippen LogP contribution < -0.4 is 0 Å². The van der Waals surface area contributed by atoms with Gasteiger partial charge in [-0.05, 0) is 0 Å². The zero-order valence-electron chi connectivity index (χ0n) is 6.51. The second kappa shape index (κ2) is 7.23. The van der Waals surface area contributed by atoms with Gasteiger partial charge in [-0.3, -0.25) is 4.18 Å². The van der Waals surface area contributed by atoms with Gasteiger partial charge in [-0.25, -0.2) is 8.42 Å². The van der Waals surface area contributed by atoms with Gasteiger partial charge in [-0.15, -0.1) is 6.58 Å². The van der Waals surface area contributed by atoms with Gasteiger partial charge in [0, 0.05) is 6.42 Å². The van der Waals surface area contributed by atoms with Crippen LogP contribution >= 0.6 is 0 Å². The lowest BCUT2D eigenvalue weighted by Crippen LogP contribution is -2.14. The summed E-state index contributed by atoms with van der Waals surface area (Å²) in [7, 11) is -2.83. The van der Waals surface area contributed by atoms with Crippen LogP contribution in [0.15, 0.2) is 12.7 Å². The predicted molar refractivity (Wildman–Crippen MR) is 43.0 cm³/mol. The molecule has 0 spiro atoms. The second-order valence-corrected chi connectivity index (χ2v) is 2.63. The normalized spacial score (nSPS) is 13.2. The Morgan fingerprint density at radius 2 is 2.25 bits per heavy atom. The number of thiol groups is 1. The van der Waals surface area contributed by atoms with Gasteiger partial charge in [0.1, 0.15) is 0 Å². The van der Waals surface area contributed by atoms with Crippen LogP contribution in [0.25, 0.3) is 0 Å². The molecule has 0 aromatic heterocycles. The largest absolute Gasteiger partial charge is 0.368 e. The molecule has 0 fully saturated rings. The summed E-state index contributed by atoms with van der Waals surface area (Å²) in [6.45, 7) is 3.53. The van der Waals surface area contributed by atoms with E-state index in [9.17, 15) is 8.42 Å². The Balaban J connectivity index is 3.30. The topological polar surface area (TPSA) is 72.8 Å². The Hall–Kier alpha value is -0.430. The van der Waals surface area contributed by atoms with Crippen molar-refractivity contribution in [2.24, 2.45) is 0 Å². The van der Waals surface area contributed by atoms with Gasteiger partial charge in [0.2, 0.25) is 0 Å². The summed E-state index contributed by atoms with van der Waals surface area (Å²) in [5, 5.41) is 8.95. The summed E-state index contributed by atoms with van der Waals surface area (Å²) in [4.78, 5) is 0. The summed E-state index contributed by atoms with van der Waals surface area (Å²) in [6.07, 6.45) is 0.605. The fourth-order valence-corrected chi connectivity index (χ4v) is 0.745. The van der Waals surface area contributed by atoms with Crippen molar-refractivity contribution in [3.8, 4) is 0 Å². The van der Waals surface area contributed by atoms with Gasteiger partial charge in [-0.1, -0.05) is 6.08 Å². The highest BCUT2D eigenvalue weighted by atomic mass is 32.2. The molecule has 1 unspecified atom stereocenters. The van der Waals surface area contributed by atoms with Crippen LogP contribution in [-0.4, -0.2) is 33.0 Å². The van der Waals surface area contributed by atoms with Crippen molar-refractivity contribution >= 4 is 11.0 Å². The van der Waals surface area contributed by atoms with Gasteiger partial charge in [0.25, 0.3) is 11.0 Å². The zero-order chi connectivity index (χ0) is 9.40. The summed E-state index contributed by atoms with van der Waals surface area (Å²) in [6, 6.07) is 0. The smallest absolute Gasteiger partial charge is 0.257 e. The number of aliphatic hydroxyl groups is 1. The third-order valence-electron chi connectivity index (χ3n) is 0.968. The fraction of sp³-hybridized carbons (Fsp3) is 0.667. The van der Waals surface area contributed by atoms with Crippen molar-refractivity contribution in [1.82, 2.24) is 0 Å². The Kier molecular flexibility index (Phi) is 6.97. The molecule has 0 saturated carbocycles. The molecule has 0 rings (SSSR count). The standard InChI is InChI=1S/C6H12O5S/c1-2-4-10-6(7)3-5-11-12(8)9/h2,6-7,12H,1,3-5H2. The third kappa shape index (κ3) is 7.67. The van der Waals surface area contributed by atoms with Crippen molar-refractivity contribution < 1.29 is 22.4 Å². The molecule has 0 heterocycles. The maximum absolute atomic E-state index is 9.87. The molecule has 0 aromatic rings. The Morgan fingerprint density at radius 1 is 1.58 bits per heavy atom. The van der Waals surface area contributed by atoms with Crippen molar-refractivity contribution in [2.45, 2.75) is 12.7 Å². The van der Waals surface area contributed by atoms with E-state index in [1.165, 1.54) is 6.08 Å². The molecule has 0 amide bonds. The Bertz CT molecular complexity index is 180. The van der Waals surface area contributed by atoms with E-state index in [-0.39, 0.29) is 19.6 Å². The molecule has 72 valence electrons. The van der Waals surface area contributed by atoms with Crippen molar-refractivity contribution in [3.05, 3.63) is 12.7 Å². The van der Waals surface area contributed by atoms with Gasteiger partial charge in [0.15, 0.2) is 6.29 Å². The molecular weight excluding hydrogens is 184 g/mol. The molecule has 0 aromatic carbocycles. The predicted octanol–water partition coefficient (Wildman–Crippen LogP) is -0.559. The molecule has 0 aliphatic rings. The van der Waals surface area contributed by atoms with E-state index in [1.807, 2.05) is 0 Å². The van der Waals surface area contributed by atoms with Crippen molar-refractivity contribution in [3.63, 3.8) is 0 Å². The molecule has 6 heteroatoms. The van der Waals surface area contributed by atoms with Crippen molar-refractivity contribution in [1.29, 1.82) is 0 Å². The molecule has 0 aliphatic carbocycles.